The van der Waals surface area contributed by atoms with Gasteiger partial charge in [-0.1, -0.05) is 19.8 Å². The van der Waals surface area contributed by atoms with Crippen molar-refractivity contribution < 1.29 is 20.1 Å². The molecule has 4 heteroatoms. The van der Waals surface area contributed by atoms with Gasteiger partial charge in [-0.3, -0.25) is 4.79 Å². The second-order valence-electron chi connectivity index (χ2n) is 5.12. The Morgan fingerprint density at radius 3 is 2.35 bits per heavy atom. The summed E-state index contributed by atoms with van der Waals surface area (Å²) >= 11 is 0. The van der Waals surface area contributed by atoms with Crippen LogP contribution in [0.3, 0.4) is 0 Å². The van der Waals surface area contributed by atoms with E-state index in [0.717, 1.165) is 19.3 Å². The zero-order valence-corrected chi connectivity index (χ0v) is 10.5. The number of aliphatic hydroxyl groups is 3. The Morgan fingerprint density at radius 2 is 1.82 bits per heavy atom. The van der Waals surface area contributed by atoms with Crippen LogP contribution in [0.1, 0.15) is 45.4 Å². The summed E-state index contributed by atoms with van der Waals surface area (Å²) in [5.74, 6) is -0.303. The molecule has 0 aromatic heterocycles. The minimum atomic E-state index is -0.881. The summed E-state index contributed by atoms with van der Waals surface area (Å²) in [7, 11) is 0. The molecule has 17 heavy (non-hydrogen) atoms. The van der Waals surface area contributed by atoms with Crippen LogP contribution in [0.4, 0.5) is 0 Å². The monoisotopic (exact) mass is 244 g/mol. The van der Waals surface area contributed by atoms with Gasteiger partial charge in [0.05, 0.1) is 12.2 Å². The van der Waals surface area contributed by atoms with E-state index < -0.39 is 12.2 Å². The first-order valence-corrected chi connectivity index (χ1v) is 6.58. The van der Waals surface area contributed by atoms with Crippen molar-refractivity contribution in [1.29, 1.82) is 0 Å². The second-order valence-corrected chi connectivity index (χ2v) is 5.12. The summed E-state index contributed by atoms with van der Waals surface area (Å²) in [6.45, 7) is 1.96. The molecule has 0 unspecified atom stereocenters. The fraction of sp³-hybridized carbons (Fsp3) is 0.923. The third-order valence-electron chi connectivity index (χ3n) is 3.70. The Bertz CT molecular complexity index is 242. The van der Waals surface area contributed by atoms with Gasteiger partial charge in [0.25, 0.3) is 0 Å². The number of Topliss-reactive ketones (excluding diaryl/α,β-unsaturated/α-hetero) is 1. The maximum Gasteiger partial charge on any atom is 0.133 e. The van der Waals surface area contributed by atoms with E-state index in [-0.39, 0.29) is 24.2 Å². The highest BCUT2D eigenvalue weighted by Crippen LogP contribution is 2.34. The molecule has 0 aromatic rings. The van der Waals surface area contributed by atoms with E-state index in [1.807, 2.05) is 0 Å². The largest absolute Gasteiger partial charge is 0.396 e. The molecule has 0 spiro atoms. The molecule has 1 rings (SSSR count). The maximum absolute atomic E-state index is 11.7. The van der Waals surface area contributed by atoms with Gasteiger partial charge in [0, 0.05) is 25.4 Å². The van der Waals surface area contributed by atoms with E-state index in [1.54, 1.807) is 0 Å². The molecule has 4 nitrogen and oxygen atoms in total. The van der Waals surface area contributed by atoms with E-state index in [4.69, 9.17) is 5.11 Å². The number of aliphatic hydroxyl groups excluding tert-OH is 3. The molecule has 0 bridgehead atoms. The van der Waals surface area contributed by atoms with Gasteiger partial charge in [-0.05, 0) is 18.8 Å². The molecule has 1 aliphatic rings. The Kier molecular flexibility index (Phi) is 6.09. The average molecular weight is 244 g/mol. The quantitative estimate of drug-likeness (QED) is 0.581. The van der Waals surface area contributed by atoms with Crippen LogP contribution >= 0.6 is 0 Å². The standard InChI is InChI=1S/C13H24O4/c1-2-3-4-5-11(15)7-9-6-10(8-14)13(17)12(9)16/h9-10,12-14,16-17H,2-8H2,1H3/t9-,10-,12+,13-/m1/s1. The Hall–Kier alpha value is -0.450. The lowest BCUT2D eigenvalue weighted by Gasteiger charge is -2.15. The molecule has 0 amide bonds. The van der Waals surface area contributed by atoms with Gasteiger partial charge < -0.3 is 15.3 Å². The zero-order chi connectivity index (χ0) is 12.8. The van der Waals surface area contributed by atoms with Crippen molar-refractivity contribution in [3.63, 3.8) is 0 Å². The smallest absolute Gasteiger partial charge is 0.133 e. The summed E-state index contributed by atoms with van der Waals surface area (Å²) in [5, 5.41) is 28.4. The highest BCUT2D eigenvalue weighted by Gasteiger charge is 2.41. The van der Waals surface area contributed by atoms with E-state index >= 15 is 0 Å². The van der Waals surface area contributed by atoms with E-state index in [0.29, 0.717) is 19.3 Å². The first-order valence-electron chi connectivity index (χ1n) is 6.58. The van der Waals surface area contributed by atoms with Crippen LogP contribution in [-0.2, 0) is 4.79 Å². The lowest BCUT2D eigenvalue weighted by atomic mass is 9.95. The molecule has 0 radical (unpaired) electrons. The van der Waals surface area contributed by atoms with E-state index in [2.05, 4.69) is 6.92 Å². The number of carbonyl (C=O) groups is 1. The summed E-state index contributed by atoms with van der Waals surface area (Å²) in [6, 6.07) is 0. The van der Waals surface area contributed by atoms with Gasteiger partial charge in [0.15, 0.2) is 0 Å². The lowest BCUT2D eigenvalue weighted by Crippen LogP contribution is -2.30. The van der Waals surface area contributed by atoms with Gasteiger partial charge in [0.2, 0.25) is 0 Å². The number of hydrogen-bond donors (Lipinski definition) is 3. The van der Waals surface area contributed by atoms with Gasteiger partial charge in [-0.25, -0.2) is 0 Å². The molecule has 0 aliphatic heterocycles. The molecule has 4 atom stereocenters. The van der Waals surface area contributed by atoms with E-state index in [1.165, 1.54) is 0 Å². The third-order valence-corrected chi connectivity index (χ3v) is 3.70. The average Bonchev–Trinajstić information content (AvgIpc) is 2.57. The van der Waals surface area contributed by atoms with Gasteiger partial charge >= 0.3 is 0 Å². The fourth-order valence-corrected chi connectivity index (χ4v) is 2.58. The first-order chi connectivity index (χ1) is 8.10. The van der Waals surface area contributed by atoms with Crippen LogP contribution < -0.4 is 0 Å². The summed E-state index contributed by atoms with van der Waals surface area (Å²) in [6.07, 6.45) is 2.75. The molecular weight excluding hydrogens is 220 g/mol. The number of rotatable bonds is 7. The van der Waals surface area contributed by atoms with Crippen molar-refractivity contribution in [2.45, 2.75) is 57.7 Å². The zero-order valence-electron chi connectivity index (χ0n) is 10.5. The summed E-state index contributed by atoms with van der Waals surface area (Å²) in [4.78, 5) is 11.7. The molecule has 0 saturated heterocycles. The lowest BCUT2D eigenvalue weighted by molar-refractivity contribution is -0.121. The van der Waals surface area contributed by atoms with Crippen molar-refractivity contribution in [2.24, 2.45) is 11.8 Å². The second kappa shape index (κ2) is 7.09. The van der Waals surface area contributed by atoms with Gasteiger partial charge in [-0.2, -0.15) is 0 Å². The van der Waals surface area contributed by atoms with Crippen LogP contribution in [0, 0.1) is 11.8 Å². The minimum absolute atomic E-state index is 0.126. The van der Waals surface area contributed by atoms with Crippen molar-refractivity contribution in [3.8, 4) is 0 Å². The van der Waals surface area contributed by atoms with Gasteiger partial charge in [-0.15, -0.1) is 0 Å². The first kappa shape index (κ1) is 14.6. The van der Waals surface area contributed by atoms with Crippen LogP contribution in [-0.4, -0.2) is 39.9 Å². The highest BCUT2D eigenvalue weighted by atomic mass is 16.3. The van der Waals surface area contributed by atoms with Crippen LogP contribution in [0.5, 0.6) is 0 Å². The Labute approximate surface area is 103 Å². The topological polar surface area (TPSA) is 77.8 Å². The number of hydrogen-bond acceptors (Lipinski definition) is 4. The van der Waals surface area contributed by atoms with Crippen molar-refractivity contribution in [3.05, 3.63) is 0 Å². The highest BCUT2D eigenvalue weighted by molar-refractivity contribution is 5.78. The van der Waals surface area contributed by atoms with Crippen LogP contribution in [0.25, 0.3) is 0 Å². The van der Waals surface area contributed by atoms with Crippen LogP contribution in [0.2, 0.25) is 0 Å². The van der Waals surface area contributed by atoms with Crippen LogP contribution in [0.15, 0.2) is 0 Å². The number of carbonyl (C=O) groups excluding carboxylic acids is 1. The molecule has 3 N–H and O–H groups in total. The van der Waals surface area contributed by atoms with Crippen molar-refractivity contribution in [2.75, 3.05) is 6.61 Å². The molecule has 100 valence electrons. The van der Waals surface area contributed by atoms with Crippen molar-refractivity contribution in [1.82, 2.24) is 0 Å². The maximum atomic E-state index is 11.7. The summed E-state index contributed by atoms with van der Waals surface area (Å²) < 4.78 is 0. The molecular formula is C13H24O4. The predicted octanol–water partition coefficient (Wildman–Crippen LogP) is 0.876. The fourth-order valence-electron chi connectivity index (χ4n) is 2.58. The number of unbranched alkanes of at least 4 members (excludes halogenated alkanes) is 2. The third kappa shape index (κ3) is 4.05. The normalized spacial score (nSPS) is 32.9. The Morgan fingerprint density at radius 1 is 1.18 bits per heavy atom. The molecule has 1 saturated carbocycles. The molecule has 1 aliphatic carbocycles. The SMILES string of the molecule is CCCCCC(=O)C[C@H]1C[C@H](CO)[C@@H](O)[C@H]1O. The Balaban J connectivity index is 2.34. The van der Waals surface area contributed by atoms with Crippen molar-refractivity contribution >= 4 is 5.78 Å². The minimum Gasteiger partial charge on any atom is -0.396 e. The molecule has 0 aromatic carbocycles. The predicted molar refractivity (Wildman–Crippen MR) is 64.5 cm³/mol. The molecule has 0 heterocycles. The van der Waals surface area contributed by atoms with Gasteiger partial charge in [0.1, 0.15) is 5.78 Å². The van der Waals surface area contributed by atoms with E-state index in [9.17, 15) is 15.0 Å². The number of ketones is 1. The summed E-state index contributed by atoms with van der Waals surface area (Å²) in [5.41, 5.74) is 0. The molecule has 1 fully saturated rings.